The summed E-state index contributed by atoms with van der Waals surface area (Å²) in [6, 6.07) is 16.1. The number of aliphatic imine (C=N–C) groups is 1. The molecule has 1 aliphatic rings. The summed E-state index contributed by atoms with van der Waals surface area (Å²) < 4.78 is 0. The fourth-order valence-corrected chi connectivity index (χ4v) is 2.12. The summed E-state index contributed by atoms with van der Waals surface area (Å²) >= 11 is 0. The largest absolute Gasteiger partial charge is 0.364 e. The summed E-state index contributed by atoms with van der Waals surface area (Å²) in [5.41, 5.74) is 4.09. The van der Waals surface area contributed by atoms with Crippen LogP contribution in [-0.4, -0.2) is 10.7 Å². The highest BCUT2D eigenvalue weighted by molar-refractivity contribution is 6.08. The first-order valence-corrected chi connectivity index (χ1v) is 6.32. The Morgan fingerprint density at radius 2 is 1.79 bits per heavy atom. The predicted molar refractivity (Wildman–Crippen MR) is 76.8 cm³/mol. The van der Waals surface area contributed by atoms with Gasteiger partial charge < -0.3 is 5.32 Å². The van der Waals surface area contributed by atoms with Crippen LogP contribution >= 0.6 is 0 Å². The predicted octanol–water partition coefficient (Wildman–Crippen LogP) is 3.08. The number of rotatable bonds is 2. The molecule has 1 aromatic carbocycles. The highest BCUT2D eigenvalue weighted by Crippen LogP contribution is 2.20. The van der Waals surface area contributed by atoms with Gasteiger partial charge in [-0.2, -0.15) is 0 Å². The Hall–Kier alpha value is -2.42. The molecule has 0 spiro atoms. The second-order valence-electron chi connectivity index (χ2n) is 4.51. The Morgan fingerprint density at radius 1 is 1.00 bits per heavy atom. The second kappa shape index (κ2) is 5.06. The van der Waals surface area contributed by atoms with Gasteiger partial charge in [-0.25, -0.2) is 0 Å². The number of nitrogens with zero attached hydrogens (tertiary/aromatic N) is 2. The molecule has 0 radical (unpaired) electrons. The molecule has 94 valence electrons. The van der Waals surface area contributed by atoms with E-state index in [4.69, 9.17) is 4.99 Å². The van der Waals surface area contributed by atoms with Crippen LogP contribution in [0.5, 0.6) is 0 Å². The average molecular weight is 249 g/mol. The average Bonchev–Trinajstić information content (AvgIpc) is 2.48. The fraction of sp³-hybridized carbons (Fsp3) is 0.125. The molecule has 0 saturated heterocycles. The number of benzene rings is 1. The molecule has 0 fully saturated rings. The normalized spacial score (nSPS) is 18.3. The van der Waals surface area contributed by atoms with E-state index < -0.39 is 0 Å². The third kappa shape index (κ3) is 2.55. The first kappa shape index (κ1) is 11.7. The minimum atomic E-state index is -0.0387. The van der Waals surface area contributed by atoms with E-state index in [2.05, 4.69) is 22.4 Å². The molecule has 3 heteroatoms. The fourth-order valence-electron chi connectivity index (χ4n) is 2.12. The van der Waals surface area contributed by atoms with Crippen molar-refractivity contribution in [3.05, 3.63) is 77.8 Å². The highest BCUT2D eigenvalue weighted by Gasteiger charge is 2.16. The topological polar surface area (TPSA) is 37.3 Å². The molecule has 0 amide bonds. The van der Waals surface area contributed by atoms with Crippen LogP contribution in [0.25, 0.3) is 0 Å². The summed E-state index contributed by atoms with van der Waals surface area (Å²) in [5.74, 6) is 0. The molecule has 1 unspecified atom stereocenters. The number of allylic oxidation sites excluding steroid dienone is 2. The molecule has 2 heterocycles. The molecule has 1 aromatic heterocycles. The minimum Gasteiger partial charge on any atom is -0.364 e. The van der Waals surface area contributed by atoms with Gasteiger partial charge in [0.2, 0.25) is 0 Å². The van der Waals surface area contributed by atoms with Gasteiger partial charge in [0, 0.05) is 11.9 Å². The zero-order valence-electron chi connectivity index (χ0n) is 10.7. The smallest absolute Gasteiger partial charge is 0.145 e. The number of pyridine rings is 1. The summed E-state index contributed by atoms with van der Waals surface area (Å²) in [4.78, 5) is 9.10. The van der Waals surface area contributed by atoms with E-state index in [1.54, 1.807) is 6.20 Å². The Labute approximate surface area is 112 Å². The number of aromatic nitrogens is 1. The van der Waals surface area contributed by atoms with Crippen molar-refractivity contribution in [1.82, 2.24) is 10.3 Å². The van der Waals surface area contributed by atoms with E-state index in [0.29, 0.717) is 0 Å². The van der Waals surface area contributed by atoms with Gasteiger partial charge in [-0.3, -0.25) is 9.98 Å². The summed E-state index contributed by atoms with van der Waals surface area (Å²) in [5, 5.41) is 3.38. The van der Waals surface area contributed by atoms with Gasteiger partial charge in [0.25, 0.3) is 0 Å². The number of nitrogens with one attached hydrogen (secondary N) is 1. The highest BCUT2D eigenvalue weighted by atomic mass is 15.1. The van der Waals surface area contributed by atoms with Crippen LogP contribution in [0.4, 0.5) is 0 Å². The lowest BCUT2D eigenvalue weighted by atomic mass is 10.1. The van der Waals surface area contributed by atoms with E-state index in [9.17, 15) is 0 Å². The number of hydrogen-bond acceptors (Lipinski definition) is 3. The Morgan fingerprint density at radius 3 is 2.53 bits per heavy atom. The van der Waals surface area contributed by atoms with Crippen molar-refractivity contribution >= 4 is 5.71 Å². The Bertz CT molecular complexity index is 615. The van der Waals surface area contributed by atoms with E-state index in [-0.39, 0.29) is 6.17 Å². The van der Waals surface area contributed by atoms with Crippen LogP contribution in [0.3, 0.4) is 0 Å². The van der Waals surface area contributed by atoms with Crippen molar-refractivity contribution in [1.29, 1.82) is 0 Å². The van der Waals surface area contributed by atoms with Crippen LogP contribution in [0.1, 0.15) is 24.3 Å². The molecule has 2 aromatic rings. The lowest BCUT2D eigenvalue weighted by molar-refractivity contribution is 0.619. The van der Waals surface area contributed by atoms with Gasteiger partial charge >= 0.3 is 0 Å². The van der Waals surface area contributed by atoms with Crippen LogP contribution in [0, 0.1) is 0 Å². The van der Waals surface area contributed by atoms with Gasteiger partial charge in [0.05, 0.1) is 11.4 Å². The van der Waals surface area contributed by atoms with E-state index in [1.165, 1.54) is 0 Å². The summed E-state index contributed by atoms with van der Waals surface area (Å²) in [7, 11) is 0. The van der Waals surface area contributed by atoms with Gasteiger partial charge in [-0.1, -0.05) is 36.4 Å². The standard InChI is InChI=1S/C16H15N3/c1-12-11-15(14-9-5-6-10-17-14)19-16(18-12)13-7-3-2-4-8-13/h2-11,16,18H,1H3. The molecule has 1 aliphatic heterocycles. The molecular formula is C16H15N3. The van der Waals surface area contributed by atoms with Crippen LogP contribution < -0.4 is 5.32 Å². The Balaban J connectivity index is 1.98. The zero-order valence-corrected chi connectivity index (χ0v) is 10.7. The summed E-state index contributed by atoms with van der Waals surface area (Å²) in [6.07, 6.45) is 3.78. The van der Waals surface area contributed by atoms with Crippen molar-refractivity contribution in [2.24, 2.45) is 4.99 Å². The lowest BCUT2D eigenvalue weighted by Crippen LogP contribution is -2.24. The third-order valence-electron chi connectivity index (χ3n) is 3.03. The molecule has 0 saturated carbocycles. The quantitative estimate of drug-likeness (QED) is 0.888. The summed E-state index contributed by atoms with van der Waals surface area (Å²) in [6.45, 7) is 2.05. The van der Waals surface area contributed by atoms with Crippen LogP contribution in [-0.2, 0) is 0 Å². The maximum absolute atomic E-state index is 4.74. The van der Waals surface area contributed by atoms with E-state index in [0.717, 1.165) is 22.7 Å². The second-order valence-corrected chi connectivity index (χ2v) is 4.51. The maximum atomic E-state index is 4.74. The molecule has 0 aliphatic carbocycles. The van der Waals surface area contributed by atoms with Crippen molar-refractivity contribution in [3.63, 3.8) is 0 Å². The van der Waals surface area contributed by atoms with Gasteiger partial charge in [-0.05, 0) is 30.7 Å². The maximum Gasteiger partial charge on any atom is 0.145 e. The number of hydrogen-bond donors (Lipinski definition) is 1. The molecule has 1 N–H and O–H groups in total. The Kier molecular flexibility index (Phi) is 3.11. The molecule has 19 heavy (non-hydrogen) atoms. The molecular weight excluding hydrogens is 234 g/mol. The molecule has 1 atom stereocenters. The molecule has 3 rings (SSSR count). The van der Waals surface area contributed by atoms with Gasteiger partial charge in [0.15, 0.2) is 0 Å². The first-order valence-electron chi connectivity index (χ1n) is 6.32. The molecule has 0 bridgehead atoms. The van der Waals surface area contributed by atoms with Crippen molar-refractivity contribution in [2.75, 3.05) is 0 Å². The van der Waals surface area contributed by atoms with Gasteiger partial charge in [-0.15, -0.1) is 0 Å². The van der Waals surface area contributed by atoms with Gasteiger partial charge in [0.1, 0.15) is 6.17 Å². The first-order chi connectivity index (χ1) is 9.33. The molecule has 3 nitrogen and oxygen atoms in total. The van der Waals surface area contributed by atoms with Crippen molar-refractivity contribution in [2.45, 2.75) is 13.1 Å². The third-order valence-corrected chi connectivity index (χ3v) is 3.03. The van der Waals surface area contributed by atoms with E-state index in [1.807, 2.05) is 49.4 Å². The monoisotopic (exact) mass is 249 g/mol. The van der Waals surface area contributed by atoms with Crippen molar-refractivity contribution in [3.8, 4) is 0 Å². The van der Waals surface area contributed by atoms with Crippen LogP contribution in [0.15, 0.2) is 71.5 Å². The van der Waals surface area contributed by atoms with E-state index >= 15 is 0 Å². The minimum absolute atomic E-state index is 0.0387. The van der Waals surface area contributed by atoms with Crippen LogP contribution in [0.2, 0.25) is 0 Å². The van der Waals surface area contributed by atoms with Crippen molar-refractivity contribution < 1.29 is 0 Å². The zero-order chi connectivity index (χ0) is 13.1. The lowest BCUT2D eigenvalue weighted by Gasteiger charge is -2.22. The SMILES string of the molecule is CC1=CC(c2ccccn2)=NC(c2ccccc2)N1.